The molecule has 1 saturated heterocycles. The Balaban J connectivity index is 2.01. The first kappa shape index (κ1) is 17.5. The molecule has 1 N–H and O–H groups in total. The fourth-order valence-corrected chi connectivity index (χ4v) is 5.33. The van der Waals surface area contributed by atoms with E-state index in [2.05, 4.69) is 0 Å². The predicted molar refractivity (Wildman–Crippen MR) is 72.7 cm³/mol. The largest absolute Gasteiger partial charge is 0.481 e. The van der Waals surface area contributed by atoms with Gasteiger partial charge in [-0.05, 0) is 38.5 Å². The predicted octanol–water partition coefficient (Wildman–Crippen LogP) is 2.23. The molecule has 22 heavy (non-hydrogen) atoms. The van der Waals surface area contributed by atoms with Gasteiger partial charge in [-0.1, -0.05) is 0 Å². The molecule has 9 heteroatoms. The molecule has 1 saturated carbocycles. The van der Waals surface area contributed by atoms with Crippen LogP contribution in [0, 0.1) is 11.8 Å². The van der Waals surface area contributed by atoms with Crippen molar-refractivity contribution in [3.05, 3.63) is 0 Å². The summed E-state index contributed by atoms with van der Waals surface area (Å²) >= 11 is 0. The summed E-state index contributed by atoms with van der Waals surface area (Å²) in [5, 5.41) is 8.19. The van der Waals surface area contributed by atoms with E-state index in [4.69, 9.17) is 5.11 Å². The molecule has 0 spiro atoms. The van der Waals surface area contributed by atoms with Gasteiger partial charge in [-0.2, -0.15) is 13.2 Å². The summed E-state index contributed by atoms with van der Waals surface area (Å²) in [5.41, 5.74) is 0. The van der Waals surface area contributed by atoms with Crippen LogP contribution in [0.4, 0.5) is 13.2 Å². The molecule has 0 aromatic rings. The molecule has 1 heterocycles. The number of halogens is 3. The second-order valence-electron chi connectivity index (χ2n) is 6.10. The molecule has 0 aromatic carbocycles. The van der Waals surface area contributed by atoms with E-state index in [1.165, 1.54) is 0 Å². The Bertz CT molecular complexity index is 512. The second kappa shape index (κ2) is 6.35. The molecule has 5 nitrogen and oxygen atoms in total. The number of hydrogen-bond acceptors (Lipinski definition) is 3. The van der Waals surface area contributed by atoms with Crippen LogP contribution in [0.5, 0.6) is 0 Å². The topological polar surface area (TPSA) is 74.7 Å². The van der Waals surface area contributed by atoms with Crippen LogP contribution in [0.15, 0.2) is 0 Å². The number of carbonyl (C=O) groups is 1. The van der Waals surface area contributed by atoms with Crippen molar-refractivity contribution in [3.63, 3.8) is 0 Å². The van der Waals surface area contributed by atoms with E-state index in [1.54, 1.807) is 0 Å². The summed E-state index contributed by atoms with van der Waals surface area (Å²) < 4.78 is 64.1. The van der Waals surface area contributed by atoms with Crippen molar-refractivity contribution in [3.8, 4) is 0 Å². The number of carboxylic acids is 1. The number of piperidine rings is 1. The second-order valence-corrected chi connectivity index (χ2v) is 8.31. The van der Waals surface area contributed by atoms with Gasteiger partial charge in [0.2, 0.25) is 10.0 Å². The highest BCUT2D eigenvalue weighted by atomic mass is 32.2. The van der Waals surface area contributed by atoms with E-state index in [-0.39, 0.29) is 38.8 Å². The minimum Gasteiger partial charge on any atom is -0.481 e. The van der Waals surface area contributed by atoms with E-state index in [1.807, 2.05) is 0 Å². The van der Waals surface area contributed by atoms with Crippen molar-refractivity contribution in [2.45, 2.75) is 50.0 Å². The Morgan fingerprint density at radius 3 is 2.18 bits per heavy atom. The van der Waals surface area contributed by atoms with Gasteiger partial charge in [-0.3, -0.25) is 4.79 Å². The summed E-state index contributed by atoms with van der Waals surface area (Å²) in [6.07, 6.45) is -3.75. The first-order valence-electron chi connectivity index (χ1n) is 7.41. The van der Waals surface area contributed by atoms with Crippen LogP contribution in [0.25, 0.3) is 0 Å². The van der Waals surface area contributed by atoms with Crippen molar-refractivity contribution in [1.82, 2.24) is 4.31 Å². The van der Waals surface area contributed by atoms with Crippen LogP contribution < -0.4 is 0 Å². The summed E-state index contributed by atoms with van der Waals surface area (Å²) in [7, 11) is -3.72. The van der Waals surface area contributed by atoms with Crippen LogP contribution in [0.2, 0.25) is 0 Å². The number of nitrogens with zero attached hydrogens (tertiary/aromatic N) is 1. The third kappa shape index (κ3) is 3.73. The summed E-state index contributed by atoms with van der Waals surface area (Å²) in [4.78, 5) is 11.0. The van der Waals surface area contributed by atoms with E-state index in [0.29, 0.717) is 12.8 Å². The van der Waals surface area contributed by atoms with Crippen LogP contribution in [-0.2, 0) is 14.8 Å². The van der Waals surface area contributed by atoms with Crippen molar-refractivity contribution in [1.29, 1.82) is 0 Å². The van der Waals surface area contributed by atoms with Crippen molar-refractivity contribution < 1.29 is 31.5 Å². The number of carboxylic acid groups (broad SMARTS) is 1. The minimum atomic E-state index is -4.27. The molecule has 1 atom stereocenters. The third-order valence-electron chi connectivity index (χ3n) is 4.65. The molecule has 0 bridgehead atoms. The maximum atomic E-state index is 12.6. The smallest absolute Gasteiger partial charge is 0.391 e. The lowest BCUT2D eigenvalue weighted by Gasteiger charge is -2.36. The zero-order valence-corrected chi connectivity index (χ0v) is 12.9. The molecular weight excluding hydrogens is 323 g/mol. The first-order valence-corrected chi connectivity index (χ1v) is 8.91. The van der Waals surface area contributed by atoms with E-state index in [0.717, 1.165) is 4.31 Å². The lowest BCUT2D eigenvalue weighted by molar-refractivity contribution is -0.181. The molecule has 1 unspecified atom stereocenters. The van der Waals surface area contributed by atoms with Crippen LogP contribution >= 0.6 is 0 Å². The number of aliphatic carboxylic acids is 1. The Labute approximate surface area is 127 Å². The monoisotopic (exact) mass is 343 g/mol. The normalized spacial score (nSPS) is 31.9. The zero-order chi connectivity index (χ0) is 16.5. The Kier molecular flexibility index (Phi) is 5.06. The summed E-state index contributed by atoms with van der Waals surface area (Å²) in [6, 6.07) is 0. The molecule has 2 aliphatic rings. The van der Waals surface area contributed by atoms with Gasteiger partial charge in [0, 0.05) is 13.1 Å². The molecule has 0 amide bonds. The molecule has 0 radical (unpaired) electrons. The molecular formula is C13H20F3NO4S. The van der Waals surface area contributed by atoms with Gasteiger partial charge >= 0.3 is 12.1 Å². The maximum Gasteiger partial charge on any atom is 0.391 e. The van der Waals surface area contributed by atoms with Crippen LogP contribution in [0.3, 0.4) is 0 Å². The first-order chi connectivity index (χ1) is 10.1. The van der Waals surface area contributed by atoms with Gasteiger partial charge < -0.3 is 5.11 Å². The van der Waals surface area contributed by atoms with E-state index >= 15 is 0 Å². The van der Waals surface area contributed by atoms with Gasteiger partial charge in [0.15, 0.2) is 0 Å². The van der Waals surface area contributed by atoms with Gasteiger partial charge in [0.25, 0.3) is 0 Å². The van der Waals surface area contributed by atoms with E-state index in [9.17, 15) is 26.4 Å². The van der Waals surface area contributed by atoms with Gasteiger partial charge in [0.1, 0.15) is 0 Å². The van der Waals surface area contributed by atoms with E-state index < -0.39 is 39.3 Å². The number of rotatable bonds is 3. The number of sulfonamides is 1. The number of hydrogen-bond donors (Lipinski definition) is 1. The SMILES string of the molecule is O=C(O)C1CCCN(S(=O)(=O)C2CCC(C(F)(F)F)CC2)C1. The average Bonchev–Trinajstić information content (AvgIpc) is 2.46. The number of alkyl halides is 3. The molecule has 128 valence electrons. The molecule has 2 fully saturated rings. The molecule has 0 aromatic heterocycles. The summed E-state index contributed by atoms with van der Waals surface area (Å²) in [5.74, 6) is -3.18. The Morgan fingerprint density at radius 1 is 1.09 bits per heavy atom. The Hall–Kier alpha value is -0.830. The van der Waals surface area contributed by atoms with Crippen LogP contribution in [-0.4, -0.2) is 48.3 Å². The summed E-state index contributed by atoms with van der Waals surface area (Å²) in [6.45, 7) is 0.183. The fourth-order valence-electron chi connectivity index (χ4n) is 3.27. The lowest BCUT2D eigenvalue weighted by atomic mass is 9.88. The van der Waals surface area contributed by atoms with Gasteiger partial charge in [-0.15, -0.1) is 0 Å². The molecule has 1 aliphatic carbocycles. The van der Waals surface area contributed by atoms with Gasteiger partial charge in [-0.25, -0.2) is 12.7 Å². The highest BCUT2D eigenvalue weighted by Gasteiger charge is 2.45. The maximum absolute atomic E-state index is 12.6. The standard InChI is InChI=1S/C13H20F3NO4S/c14-13(15,16)10-3-5-11(6-4-10)22(20,21)17-7-1-2-9(8-17)12(18)19/h9-11H,1-8H2,(H,18,19). The van der Waals surface area contributed by atoms with Crippen molar-refractivity contribution in [2.75, 3.05) is 13.1 Å². The van der Waals surface area contributed by atoms with Crippen molar-refractivity contribution in [2.24, 2.45) is 11.8 Å². The van der Waals surface area contributed by atoms with Crippen molar-refractivity contribution >= 4 is 16.0 Å². The van der Waals surface area contributed by atoms with Gasteiger partial charge in [0.05, 0.1) is 17.1 Å². The Morgan fingerprint density at radius 2 is 1.68 bits per heavy atom. The lowest BCUT2D eigenvalue weighted by Crippen LogP contribution is -2.47. The zero-order valence-electron chi connectivity index (χ0n) is 12.1. The molecule has 1 aliphatic heterocycles. The van der Waals surface area contributed by atoms with Crippen LogP contribution in [0.1, 0.15) is 38.5 Å². The average molecular weight is 343 g/mol. The quantitative estimate of drug-likeness (QED) is 0.853. The highest BCUT2D eigenvalue weighted by molar-refractivity contribution is 7.89. The fraction of sp³-hybridized carbons (Fsp3) is 0.923. The third-order valence-corrected chi connectivity index (χ3v) is 7.02. The molecule has 2 rings (SSSR count). The minimum absolute atomic E-state index is 0.0131. The highest BCUT2D eigenvalue weighted by Crippen LogP contribution is 2.40.